The third-order valence-corrected chi connectivity index (χ3v) is 7.47. The van der Waals surface area contributed by atoms with Crippen molar-refractivity contribution in [2.24, 2.45) is 0 Å². The summed E-state index contributed by atoms with van der Waals surface area (Å²) in [5, 5.41) is 0. The first kappa shape index (κ1) is 22.6. The number of nitrogens with two attached hydrogens (primary N) is 1. The van der Waals surface area contributed by atoms with Crippen LogP contribution in [-0.2, 0) is 16.1 Å². The van der Waals surface area contributed by atoms with E-state index in [-0.39, 0.29) is 17.6 Å². The summed E-state index contributed by atoms with van der Waals surface area (Å²) in [5.41, 5.74) is 6.44. The summed E-state index contributed by atoms with van der Waals surface area (Å²) in [4.78, 5) is 22.7. The molecule has 0 amide bonds. The molecule has 9 nitrogen and oxygen atoms in total. The molecule has 4 rings (SSSR count). The molecule has 0 aliphatic carbocycles. The Morgan fingerprint density at radius 1 is 1.34 bits per heavy atom. The fourth-order valence-electron chi connectivity index (χ4n) is 4.17. The molecule has 1 aromatic heterocycles. The zero-order chi connectivity index (χ0) is 23.1. The van der Waals surface area contributed by atoms with Crippen LogP contribution >= 0.6 is 0 Å². The van der Waals surface area contributed by atoms with Crippen LogP contribution < -0.4 is 20.1 Å². The van der Waals surface area contributed by atoms with E-state index in [0.29, 0.717) is 31.7 Å². The van der Waals surface area contributed by atoms with Crippen molar-refractivity contribution in [3.05, 3.63) is 41.7 Å². The molecule has 32 heavy (non-hydrogen) atoms. The number of esters is 1. The molecule has 1 unspecified atom stereocenters. The summed E-state index contributed by atoms with van der Waals surface area (Å²) in [6.45, 7) is 6.96. The van der Waals surface area contributed by atoms with Crippen molar-refractivity contribution in [2.75, 3.05) is 30.8 Å². The average molecular weight is 460 g/mol. The van der Waals surface area contributed by atoms with Gasteiger partial charge in [-0.05, 0) is 26.8 Å². The summed E-state index contributed by atoms with van der Waals surface area (Å²) in [6, 6.07) is 7.66. The number of nitrogens with one attached hydrogen (secondary N) is 1. The highest BCUT2D eigenvalue weighted by Crippen LogP contribution is 2.49. The number of methoxy groups -OCH3 is 1. The van der Waals surface area contributed by atoms with Crippen molar-refractivity contribution in [3.8, 4) is 5.75 Å². The molecule has 1 aromatic carbocycles. The number of ether oxygens (including phenoxy) is 2. The Bertz CT molecular complexity index is 1000. The Morgan fingerprint density at radius 2 is 2.03 bits per heavy atom. The molecule has 1 fully saturated rings. The molecule has 2 aliphatic rings. The molecule has 2 atom stereocenters. The zero-order valence-electron chi connectivity index (χ0n) is 18.8. The van der Waals surface area contributed by atoms with Gasteiger partial charge in [-0.2, -0.15) is 0 Å². The first-order valence-electron chi connectivity index (χ1n) is 10.6. The van der Waals surface area contributed by atoms with Gasteiger partial charge < -0.3 is 24.7 Å². The SMILES string of the molecule is COC(=O)c1ncc(N)nc1N1CCC2(CC1)Oc1ccccc1[C@H]2N[S+]([O-])C(C)(C)C. The van der Waals surface area contributed by atoms with E-state index in [4.69, 9.17) is 15.2 Å². The largest absolute Gasteiger partial charge is 0.598 e. The van der Waals surface area contributed by atoms with E-state index >= 15 is 0 Å². The van der Waals surface area contributed by atoms with E-state index in [2.05, 4.69) is 14.7 Å². The van der Waals surface area contributed by atoms with Crippen LogP contribution in [0.1, 0.15) is 55.7 Å². The molecular formula is C22H29N5O4S. The third-order valence-electron chi connectivity index (χ3n) is 5.91. The highest BCUT2D eigenvalue weighted by molar-refractivity contribution is 7.90. The quantitative estimate of drug-likeness (QED) is 0.523. The van der Waals surface area contributed by atoms with Crippen LogP contribution in [0.3, 0.4) is 0 Å². The highest BCUT2D eigenvalue weighted by Gasteiger charge is 2.53. The van der Waals surface area contributed by atoms with Crippen molar-refractivity contribution >= 4 is 29.0 Å². The number of fused-ring (bicyclic) bond motifs is 1. The second-order valence-corrected chi connectivity index (χ2v) is 11.1. The lowest BCUT2D eigenvalue weighted by molar-refractivity contribution is 0.0378. The molecular weight excluding hydrogens is 430 g/mol. The minimum absolute atomic E-state index is 0.136. The van der Waals surface area contributed by atoms with E-state index in [1.54, 1.807) is 0 Å². The molecule has 3 N–H and O–H groups in total. The lowest BCUT2D eigenvalue weighted by Gasteiger charge is -2.43. The van der Waals surface area contributed by atoms with Gasteiger partial charge in [0.1, 0.15) is 28.0 Å². The topological polar surface area (TPSA) is 126 Å². The van der Waals surface area contributed by atoms with Crippen LogP contribution in [0.4, 0.5) is 11.6 Å². The summed E-state index contributed by atoms with van der Waals surface area (Å²) >= 11 is -1.26. The molecule has 2 aliphatic heterocycles. The standard InChI is InChI=1S/C22H29N5O4S/c1-21(2,3)32(29)26-18-14-7-5-6-8-15(14)31-22(18)9-11-27(12-10-22)19-17(20(28)30-4)24-13-16(23)25-19/h5-8,13,18,26H,9-12H2,1-4H3,(H2,23,25)/t18-,32?/m1/s1. The van der Waals surface area contributed by atoms with Gasteiger partial charge in [-0.15, -0.1) is 4.72 Å². The molecule has 0 radical (unpaired) electrons. The van der Waals surface area contributed by atoms with Gasteiger partial charge >= 0.3 is 5.97 Å². The number of hydrogen-bond donors (Lipinski definition) is 2. The van der Waals surface area contributed by atoms with Gasteiger partial charge in [-0.25, -0.2) is 14.8 Å². The average Bonchev–Trinajstić information content (AvgIpc) is 3.05. The highest BCUT2D eigenvalue weighted by atomic mass is 32.2. The number of aromatic nitrogens is 2. The summed E-state index contributed by atoms with van der Waals surface area (Å²) in [5.74, 6) is 0.892. The first-order valence-corrected chi connectivity index (χ1v) is 11.7. The maximum atomic E-state index is 13.0. The van der Waals surface area contributed by atoms with Crippen molar-refractivity contribution in [1.29, 1.82) is 0 Å². The Balaban J connectivity index is 1.60. The van der Waals surface area contributed by atoms with E-state index in [1.165, 1.54) is 13.3 Å². The molecule has 1 spiro atoms. The second kappa shape index (κ2) is 8.42. The number of carbonyl (C=O) groups excluding carboxylic acids is 1. The Morgan fingerprint density at radius 3 is 2.69 bits per heavy atom. The number of benzene rings is 1. The van der Waals surface area contributed by atoms with Crippen molar-refractivity contribution in [2.45, 2.75) is 50.0 Å². The first-order chi connectivity index (χ1) is 15.1. The van der Waals surface area contributed by atoms with Crippen LogP contribution in [0.5, 0.6) is 5.75 Å². The van der Waals surface area contributed by atoms with Crippen LogP contribution in [0, 0.1) is 0 Å². The van der Waals surface area contributed by atoms with Crippen LogP contribution in [0.25, 0.3) is 0 Å². The Hall–Kier alpha value is -2.56. The maximum Gasteiger partial charge on any atom is 0.360 e. The van der Waals surface area contributed by atoms with Crippen LogP contribution in [-0.4, -0.2) is 51.0 Å². The number of nitrogen functional groups attached to an aromatic ring is 1. The van der Waals surface area contributed by atoms with Gasteiger partial charge in [0.25, 0.3) is 0 Å². The van der Waals surface area contributed by atoms with Gasteiger partial charge in [0.15, 0.2) is 11.5 Å². The number of hydrogen-bond acceptors (Lipinski definition) is 9. The lowest BCUT2D eigenvalue weighted by atomic mass is 9.83. The molecule has 0 saturated carbocycles. The van der Waals surface area contributed by atoms with Crippen molar-refractivity contribution in [1.82, 2.24) is 14.7 Å². The monoisotopic (exact) mass is 459 g/mol. The number of nitrogens with zero attached hydrogens (tertiary/aromatic N) is 3. The fourth-order valence-corrected chi connectivity index (χ4v) is 5.08. The zero-order valence-corrected chi connectivity index (χ0v) is 19.6. The van der Waals surface area contributed by atoms with Crippen molar-refractivity contribution < 1.29 is 18.8 Å². The molecule has 1 saturated heterocycles. The van der Waals surface area contributed by atoms with E-state index in [9.17, 15) is 9.35 Å². The normalized spacial score (nSPS) is 20.5. The van der Waals surface area contributed by atoms with Crippen LogP contribution in [0.15, 0.2) is 30.5 Å². The Labute approximate surface area is 191 Å². The predicted octanol–water partition coefficient (Wildman–Crippen LogP) is 2.37. The molecule has 2 aromatic rings. The smallest absolute Gasteiger partial charge is 0.360 e. The summed E-state index contributed by atoms with van der Waals surface area (Å²) < 4.78 is 27.3. The molecule has 3 heterocycles. The van der Waals surface area contributed by atoms with Crippen molar-refractivity contribution in [3.63, 3.8) is 0 Å². The lowest BCUT2D eigenvalue weighted by Crippen LogP contribution is -2.55. The van der Waals surface area contributed by atoms with E-state index < -0.39 is 27.7 Å². The summed E-state index contributed by atoms with van der Waals surface area (Å²) in [7, 11) is 1.31. The van der Waals surface area contributed by atoms with E-state index in [1.807, 2.05) is 49.9 Å². The van der Waals surface area contributed by atoms with Gasteiger partial charge in [0.2, 0.25) is 0 Å². The number of para-hydroxylation sites is 1. The Kier molecular flexibility index (Phi) is 5.95. The molecule has 10 heteroatoms. The minimum Gasteiger partial charge on any atom is -0.598 e. The molecule has 0 bridgehead atoms. The predicted molar refractivity (Wildman–Crippen MR) is 123 cm³/mol. The molecule has 172 valence electrons. The fraction of sp³-hybridized carbons (Fsp3) is 0.500. The van der Waals surface area contributed by atoms with Gasteiger partial charge in [0.05, 0.1) is 13.3 Å². The number of piperidine rings is 1. The summed E-state index contributed by atoms with van der Waals surface area (Å²) in [6.07, 6.45) is 2.62. The van der Waals surface area contributed by atoms with E-state index in [0.717, 1.165) is 11.3 Å². The van der Waals surface area contributed by atoms with Crippen LogP contribution in [0.2, 0.25) is 0 Å². The number of carbonyl (C=O) groups is 1. The maximum absolute atomic E-state index is 13.0. The number of anilines is 2. The minimum atomic E-state index is -1.26. The van der Waals surface area contributed by atoms with Gasteiger partial charge in [0, 0.05) is 42.9 Å². The third kappa shape index (κ3) is 4.10. The second-order valence-electron chi connectivity index (χ2n) is 9.08. The van der Waals surface area contributed by atoms with Gasteiger partial charge in [-0.3, -0.25) is 0 Å². The number of rotatable bonds is 4. The van der Waals surface area contributed by atoms with Gasteiger partial charge in [-0.1, -0.05) is 18.2 Å².